The first kappa shape index (κ1) is 24.9. The Hall–Kier alpha value is -3.75. The molecule has 0 saturated carbocycles. The fourth-order valence-electron chi connectivity index (χ4n) is 4.42. The molecule has 3 aromatic heterocycles. The van der Waals surface area contributed by atoms with Crippen molar-refractivity contribution in [3.8, 4) is 11.1 Å². The number of hydrogen-bond acceptors (Lipinski definition) is 4. The summed E-state index contributed by atoms with van der Waals surface area (Å²) >= 11 is 12.2. The average Bonchev–Trinajstić information content (AvgIpc) is 3.32. The van der Waals surface area contributed by atoms with Crippen molar-refractivity contribution in [2.24, 2.45) is 0 Å². The molecule has 0 unspecified atom stereocenters. The van der Waals surface area contributed by atoms with Crippen LogP contribution in [-0.4, -0.2) is 30.5 Å². The topological polar surface area (TPSA) is 77.6 Å². The number of carbonyl (C=O) groups is 1. The van der Waals surface area contributed by atoms with Crippen molar-refractivity contribution in [1.82, 2.24) is 24.5 Å². The highest BCUT2D eigenvalue weighted by molar-refractivity contribution is 6.42. The number of hydrogen-bond donors (Lipinski definition) is 1. The van der Waals surface area contributed by atoms with Crippen LogP contribution in [0.25, 0.3) is 22.2 Å². The van der Waals surface area contributed by atoms with E-state index in [0.717, 1.165) is 33.5 Å². The summed E-state index contributed by atoms with van der Waals surface area (Å²) in [4.78, 5) is 17.5. The Balaban J connectivity index is 1.38. The van der Waals surface area contributed by atoms with E-state index in [0.29, 0.717) is 33.6 Å². The Kier molecular flexibility index (Phi) is 6.70. The van der Waals surface area contributed by atoms with Gasteiger partial charge in [0.1, 0.15) is 12.4 Å². The summed E-state index contributed by atoms with van der Waals surface area (Å²) in [6.07, 6.45) is 1.66. The number of carbonyl (C=O) groups excluding carboxylic acids is 1. The van der Waals surface area contributed by atoms with Gasteiger partial charge in [-0.15, -0.1) is 0 Å². The molecule has 0 radical (unpaired) electrons. The molecule has 7 nitrogen and oxygen atoms in total. The van der Waals surface area contributed by atoms with Crippen LogP contribution in [0.3, 0.4) is 0 Å². The lowest BCUT2D eigenvalue weighted by Crippen LogP contribution is -2.20. The molecule has 188 valence electrons. The fourth-order valence-corrected chi connectivity index (χ4v) is 4.74. The third kappa shape index (κ3) is 4.95. The van der Waals surface area contributed by atoms with E-state index in [4.69, 9.17) is 23.2 Å². The molecule has 0 fully saturated rings. The largest absolute Gasteiger partial charge is 0.321 e. The Labute approximate surface area is 222 Å². The van der Waals surface area contributed by atoms with Crippen LogP contribution in [0.2, 0.25) is 10.0 Å². The van der Waals surface area contributed by atoms with E-state index < -0.39 is 0 Å². The minimum absolute atomic E-state index is 0.0267. The maximum atomic E-state index is 13.4. The standard InChI is InChI=1S/C27H23Cl2FN6O/c1-15-25-21(19-5-7-20(30)8-6-19)10-11-31-27(25)36(33-15)14-24(37)32-26-16(2)34-35(17(26)3)13-18-4-9-22(28)23(29)12-18/h4-12H,13-14H2,1-3H3,(H,32,37). The molecule has 0 bridgehead atoms. The predicted octanol–water partition coefficient (Wildman–Crippen LogP) is 6.35. The van der Waals surface area contributed by atoms with Crippen molar-refractivity contribution >= 4 is 45.8 Å². The van der Waals surface area contributed by atoms with Gasteiger partial charge < -0.3 is 5.32 Å². The van der Waals surface area contributed by atoms with E-state index in [9.17, 15) is 9.18 Å². The Morgan fingerprint density at radius 2 is 1.68 bits per heavy atom. The van der Waals surface area contributed by atoms with E-state index in [1.54, 1.807) is 35.1 Å². The van der Waals surface area contributed by atoms with Crippen molar-refractivity contribution in [2.75, 3.05) is 5.32 Å². The molecule has 3 heterocycles. The van der Waals surface area contributed by atoms with Gasteiger partial charge in [-0.25, -0.2) is 14.1 Å². The van der Waals surface area contributed by atoms with Gasteiger partial charge in [-0.2, -0.15) is 10.2 Å². The Bertz CT molecular complexity index is 1640. The quantitative estimate of drug-likeness (QED) is 0.274. The van der Waals surface area contributed by atoms with Crippen molar-refractivity contribution in [1.29, 1.82) is 0 Å². The molecule has 0 aliphatic rings. The molecule has 0 aliphatic carbocycles. The van der Waals surface area contributed by atoms with Crippen LogP contribution in [0.5, 0.6) is 0 Å². The number of amides is 1. The molecular weight excluding hydrogens is 514 g/mol. The van der Waals surface area contributed by atoms with Crippen LogP contribution >= 0.6 is 23.2 Å². The molecule has 0 aliphatic heterocycles. The second kappa shape index (κ2) is 9.95. The lowest BCUT2D eigenvalue weighted by atomic mass is 10.0. The van der Waals surface area contributed by atoms with Crippen molar-refractivity contribution in [3.05, 3.63) is 93.2 Å². The van der Waals surface area contributed by atoms with Gasteiger partial charge in [0.15, 0.2) is 5.65 Å². The number of aryl methyl sites for hydroxylation is 2. The first-order valence-electron chi connectivity index (χ1n) is 11.6. The molecule has 0 atom stereocenters. The molecule has 2 aromatic carbocycles. The van der Waals surface area contributed by atoms with Gasteiger partial charge in [0.25, 0.3) is 0 Å². The predicted molar refractivity (Wildman–Crippen MR) is 144 cm³/mol. The van der Waals surface area contributed by atoms with Crippen LogP contribution in [0.1, 0.15) is 22.6 Å². The zero-order valence-corrected chi connectivity index (χ0v) is 21.9. The number of aromatic nitrogens is 5. The first-order chi connectivity index (χ1) is 17.7. The number of anilines is 1. The van der Waals surface area contributed by atoms with Crippen LogP contribution in [0.4, 0.5) is 10.1 Å². The third-order valence-corrected chi connectivity index (χ3v) is 6.96. The highest BCUT2D eigenvalue weighted by Crippen LogP contribution is 2.30. The summed E-state index contributed by atoms with van der Waals surface area (Å²) in [5.41, 5.74) is 6.15. The maximum Gasteiger partial charge on any atom is 0.246 e. The smallest absolute Gasteiger partial charge is 0.246 e. The van der Waals surface area contributed by atoms with Crippen molar-refractivity contribution in [3.63, 3.8) is 0 Å². The first-order valence-corrected chi connectivity index (χ1v) is 12.3. The van der Waals surface area contributed by atoms with Gasteiger partial charge in [0, 0.05) is 11.6 Å². The fraction of sp³-hybridized carbons (Fsp3) is 0.185. The highest BCUT2D eigenvalue weighted by Gasteiger charge is 2.19. The molecule has 5 aromatic rings. The summed E-state index contributed by atoms with van der Waals surface area (Å²) in [6, 6.07) is 13.6. The van der Waals surface area contributed by atoms with Crippen LogP contribution in [-0.2, 0) is 17.9 Å². The van der Waals surface area contributed by atoms with E-state index in [2.05, 4.69) is 20.5 Å². The number of rotatable bonds is 6. The molecule has 0 spiro atoms. The minimum Gasteiger partial charge on any atom is -0.321 e. The van der Waals surface area contributed by atoms with Crippen LogP contribution < -0.4 is 5.32 Å². The van der Waals surface area contributed by atoms with E-state index in [-0.39, 0.29) is 18.3 Å². The molecule has 37 heavy (non-hydrogen) atoms. The normalized spacial score (nSPS) is 11.3. The monoisotopic (exact) mass is 536 g/mol. The summed E-state index contributed by atoms with van der Waals surface area (Å²) in [5.74, 6) is -0.553. The zero-order chi connectivity index (χ0) is 26.3. The van der Waals surface area contributed by atoms with Gasteiger partial charge >= 0.3 is 0 Å². The van der Waals surface area contributed by atoms with Gasteiger partial charge in [-0.1, -0.05) is 41.4 Å². The average molecular weight is 537 g/mol. The second-order valence-electron chi connectivity index (χ2n) is 8.81. The van der Waals surface area contributed by atoms with E-state index >= 15 is 0 Å². The Morgan fingerprint density at radius 3 is 2.41 bits per heavy atom. The summed E-state index contributed by atoms with van der Waals surface area (Å²) < 4.78 is 16.8. The number of fused-ring (bicyclic) bond motifs is 1. The van der Waals surface area contributed by atoms with Gasteiger partial charge in [-0.05, 0) is 67.8 Å². The minimum atomic E-state index is -0.302. The number of nitrogens with zero attached hydrogens (tertiary/aromatic N) is 5. The molecule has 0 saturated heterocycles. The van der Waals surface area contributed by atoms with Gasteiger partial charge in [0.2, 0.25) is 5.91 Å². The second-order valence-corrected chi connectivity index (χ2v) is 9.62. The van der Waals surface area contributed by atoms with Crippen LogP contribution in [0.15, 0.2) is 54.7 Å². The van der Waals surface area contributed by atoms with Crippen molar-refractivity contribution in [2.45, 2.75) is 33.9 Å². The van der Waals surface area contributed by atoms with E-state index in [1.165, 1.54) is 12.1 Å². The third-order valence-electron chi connectivity index (χ3n) is 6.22. The molecule has 5 rings (SSSR count). The SMILES string of the molecule is Cc1nn(Cc2ccc(Cl)c(Cl)c2)c(C)c1NC(=O)Cn1nc(C)c2c(-c3ccc(F)cc3)ccnc21. The summed E-state index contributed by atoms with van der Waals surface area (Å²) in [7, 11) is 0. The van der Waals surface area contributed by atoms with Gasteiger partial charge in [0.05, 0.1) is 39.4 Å². The maximum absolute atomic E-state index is 13.4. The molecule has 10 heteroatoms. The summed E-state index contributed by atoms with van der Waals surface area (Å²) in [5, 5.41) is 13.9. The zero-order valence-electron chi connectivity index (χ0n) is 20.4. The number of nitrogens with one attached hydrogen (secondary N) is 1. The Morgan fingerprint density at radius 1 is 0.946 bits per heavy atom. The number of halogens is 3. The highest BCUT2D eigenvalue weighted by atomic mass is 35.5. The van der Waals surface area contributed by atoms with Crippen molar-refractivity contribution < 1.29 is 9.18 Å². The lowest BCUT2D eigenvalue weighted by Gasteiger charge is -2.09. The number of benzene rings is 2. The lowest BCUT2D eigenvalue weighted by molar-refractivity contribution is -0.116. The molecular formula is C27H23Cl2FN6O. The van der Waals surface area contributed by atoms with Crippen LogP contribution in [0, 0.1) is 26.6 Å². The number of pyridine rings is 1. The molecule has 1 N–H and O–H groups in total. The summed E-state index contributed by atoms with van der Waals surface area (Å²) in [6.45, 7) is 6.07. The van der Waals surface area contributed by atoms with Gasteiger partial charge in [-0.3, -0.25) is 9.48 Å². The van der Waals surface area contributed by atoms with E-state index in [1.807, 2.05) is 37.6 Å². The molecule has 1 amide bonds.